The van der Waals surface area contributed by atoms with Crippen molar-refractivity contribution in [3.05, 3.63) is 97.9 Å². The average Bonchev–Trinajstić information content (AvgIpc) is 3.20. The Bertz CT molecular complexity index is 1670. The molecule has 0 spiro atoms. The standard InChI is InChI=1S/C34H37NO5/c1-8-38-29-18-24(10-12-27(29)39-14-13-19(2)3)31-30-32(36)26-16-22(6)23(7)17-28(26)40-33(30)34(37)35(31)25-11-9-20(4)21(5)15-25/h9-12,15-19,31H,8,13-14H2,1-7H3. The van der Waals surface area contributed by atoms with E-state index in [2.05, 4.69) is 13.8 Å². The second kappa shape index (κ2) is 10.8. The first kappa shape index (κ1) is 27.5. The molecule has 6 nitrogen and oxygen atoms in total. The molecule has 6 heteroatoms. The third kappa shape index (κ3) is 4.87. The largest absolute Gasteiger partial charge is 0.490 e. The van der Waals surface area contributed by atoms with Crippen molar-refractivity contribution in [3.8, 4) is 11.5 Å². The number of carbonyl (C=O) groups is 1. The molecule has 0 radical (unpaired) electrons. The lowest BCUT2D eigenvalue weighted by Crippen LogP contribution is -2.29. The molecule has 208 valence electrons. The number of hydrogen-bond acceptors (Lipinski definition) is 5. The van der Waals surface area contributed by atoms with Crippen LogP contribution in [0.25, 0.3) is 11.0 Å². The number of amides is 1. The molecule has 0 N–H and O–H groups in total. The van der Waals surface area contributed by atoms with Crippen LogP contribution in [0.15, 0.2) is 57.7 Å². The third-order valence-electron chi connectivity index (χ3n) is 7.79. The van der Waals surface area contributed by atoms with E-state index in [-0.39, 0.29) is 17.1 Å². The molecule has 0 fully saturated rings. The molecule has 4 aromatic rings. The molecule has 1 amide bonds. The number of ether oxygens (including phenoxy) is 2. The van der Waals surface area contributed by atoms with Gasteiger partial charge in [-0.2, -0.15) is 0 Å². The van der Waals surface area contributed by atoms with Crippen molar-refractivity contribution in [1.82, 2.24) is 0 Å². The number of carbonyl (C=O) groups excluding carboxylic acids is 1. The maximum atomic E-state index is 14.1. The summed E-state index contributed by atoms with van der Waals surface area (Å²) in [5, 5.41) is 0.472. The van der Waals surface area contributed by atoms with Gasteiger partial charge < -0.3 is 13.9 Å². The Morgan fingerprint density at radius 1 is 0.850 bits per heavy atom. The first-order chi connectivity index (χ1) is 19.1. The molecule has 1 atom stereocenters. The Balaban J connectivity index is 1.72. The molecule has 0 saturated carbocycles. The quantitative estimate of drug-likeness (QED) is 0.231. The molecule has 0 saturated heterocycles. The second-order valence-corrected chi connectivity index (χ2v) is 11.1. The van der Waals surface area contributed by atoms with Crippen LogP contribution in [0.5, 0.6) is 11.5 Å². The maximum absolute atomic E-state index is 14.1. The summed E-state index contributed by atoms with van der Waals surface area (Å²) in [6.07, 6.45) is 0.922. The van der Waals surface area contributed by atoms with E-state index in [0.29, 0.717) is 52.9 Å². The summed E-state index contributed by atoms with van der Waals surface area (Å²) < 4.78 is 18.3. The van der Waals surface area contributed by atoms with Crippen LogP contribution in [-0.4, -0.2) is 19.1 Å². The van der Waals surface area contributed by atoms with Crippen molar-refractivity contribution < 1.29 is 18.7 Å². The molecule has 1 aromatic heterocycles. The molecule has 0 bridgehead atoms. The van der Waals surface area contributed by atoms with Gasteiger partial charge in [-0.15, -0.1) is 0 Å². The average molecular weight is 540 g/mol. The van der Waals surface area contributed by atoms with Crippen molar-refractivity contribution in [2.45, 2.75) is 60.9 Å². The summed E-state index contributed by atoms with van der Waals surface area (Å²) in [6, 6.07) is 14.6. The van der Waals surface area contributed by atoms with Gasteiger partial charge in [0.25, 0.3) is 5.91 Å². The van der Waals surface area contributed by atoms with Crippen molar-refractivity contribution in [1.29, 1.82) is 0 Å². The number of fused-ring (bicyclic) bond motifs is 2. The Morgan fingerprint density at radius 2 is 1.57 bits per heavy atom. The molecule has 1 unspecified atom stereocenters. The fourth-order valence-electron chi connectivity index (χ4n) is 5.17. The normalized spacial score (nSPS) is 14.8. The van der Waals surface area contributed by atoms with Crippen LogP contribution in [0, 0.1) is 33.6 Å². The third-order valence-corrected chi connectivity index (χ3v) is 7.79. The van der Waals surface area contributed by atoms with Gasteiger partial charge in [-0.3, -0.25) is 14.5 Å². The highest BCUT2D eigenvalue weighted by Gasteiger charge is 2.44. The minimum Gasteiger partial charge on any atom is -0.490 e. The Kier molecular flexibility index (Phi) is 7.45. The van der Waals surface area contributed by atoms with Gasteiger partial charge in [-0.05, 0) is 111 Å². The van der Waals surface area contributed by atoms with Crippen LogP contribution in [-0.2, 0) is 0 Å². The van der Waals surface area contributed by atoms with E-state index in [4.69, 9.17) is 13.9 Å². The molecular weight excluding hydrogens is 502 g/mol. The highest BCUT2D eigenvalue weighted by atomic mass is 16.5. The van der Waals surface area contributed by atoms with Crippen molar-refractivity contribution >= 4 is 22.6 Å². The van der Waals surface area contributed by atoms with Gasteiger partial charge in [0, 0.05) is 5.69 Å². The number of aryl methyl sites for hydroxylation is 4. The number of hydrogen-bond donors (Lipinski definition) is 0. The van der Waals surface area contributed by atoms with Gasteiger partial charge in [-0.25, -0.2) is 0 Å². The first-order valence-electron chi connectivity index (χ1n) is 14.0. The fourth-order valence-corrected chi connectivity index (χ4v) is 5.17. The van der Waals surface area contributed by atoms with Gasteiger partial charge >= 0.3 is 0 Å². The summed E-state index contributed by atoms with van der Waals surface area (Å²) in [5.74, 6) is 1.49. The number of nitrogens with zero attached hydrogens (tertiary/aromatic N) is 1. The van der Waals surface area contributed by atoms with Crippen molar-refractivity contribution in [2.24, 2.45) is 5.92 Å². The van der Waals surface area contributed by atoms with Crippen LogP contribution in [0.1, 0.15) is 77.2 Å². The zero-order valence-corrected chi connectivity index (χ0v) is 24.4. The summed E-state index contributed by atoms with van der Waals surface area (Å²) in [5.41, 5.74) is 6.19. The van der Waals surface area contributed by atoms with E-state index in [1.165, 1.54) is 0 Å². The van der Waals surface area contributed by atoms with Crippen LogP contribution < -0.4 is 19.8 Å². The Hall–Kier alpha value is -4.06. The lowest BCUT2D eigenvalue weighted by atomic mass is 9.96. The summed E-state index contributed by atoms with van der Waals surface area (Å²) in [6.45, 7) is 15.2. The zero-order valence-electron chi connectivity index (χ0n) is 24.4. The van der Waals surface area contributed by atoms with Gasteiger partial charge in [0.05, 0.1) is 30.2 Å². The van der Waals surface area contributed by atoms with Gasteiger partial charge in [0.2, 0.25) is 5.76 Å². The molecular formula is C34H37NO5. The van der Waals surface area contributed by atoms with Gasteiger partial charge in [-0.1, -0.05) is 26.0 Å². The van der Waals surface area contributed by atoms with Crippen LogP contribution in [0.4, 0.5) is 5.69 Å². The first-order valence-corrected chi connectivity index (χ1v) is 14.0. The van der Waals surface area contributed by atoms with Crippen LogP contribution in [0.3, 0.4) is 0 Å². The Labute approximate surface area is 235 Å². The van der Waals surface area contributed by atoms with E-state index in [1.54, 1.807) is 4.90 Å². The van der Waals surface area contributed by atoms with Gasteiger partial charge in [0.15, 0.2) is 16.9 Å². The monoisotopic (exact) mass is 539 g/mol. The molecule has 2 heterocycles. The molecule has 1 aliphatic rings. The molecule has 5 rings (SSSR count). The minimum atomic E-state index is -0.684. The minimum absolute atomic E-state index is 0.0826. The summed E-state index contributed by atoms with van der Waals surface area (Å²) in [4.78, 5) is 29.8. The lowest BCUT2D eigenvalue weighted by molar-refractivity contribution is 0.0971. The lowest BCUT2D eigenvalue weighted by Gasteiger charge is -2.26. The fraction of sp³-hybridized carbons (Fsp3) is 0.353. The number of rotatable bonds is 8. The Morgan fingerprint density at radius 3 is 2.27 bits per heavy atom. The second-order valence-electron chi connectivity index (χ2n) is 11.1. The topological polar surface area (TPSA) is 69.0 Å². The van der Waals surface area contributed by atoms with E-state index in [1.807, 2.05) is 83.1 Å². The maximum Gasteiger partial charge on any atom is 0.295 e. The van der Waals surface area contributed by atoms with E-state index >= 15 is 0 Å². The van der Waals surface area contributed by atoms with E-state index in [0.717, 1.165) is 34.2 Å². The molecule has 1 aliphatic heterocycles. The van der Waals surface area contributed by atoms with Crippen molar-refractivity contribution in [2.75, 3.05) is 18.1 Å². The molecule has 0 aliphatic carbocycles. The van der Waals surface area contributed by atoms with E-state index in [9.17, 15) is 9.59 Å². The van der Waals surface area contributed by atoms with Crippen molar-refractivity contribution in [3.63, 3.8) is 0 Å². The molecule has 3 aromatic carbocycles. The van der Waals surface area contributed by atoms with E-state index < -0.39 is 6.04 Å². The van der Waals surface area contributed by atoms with Crippen LogP contribution in [0.2, 0.25) is 0 Å². The highest BCUT2D eigenvalue weighted by Crippen LogP contribution is 2.44. The van der Waals surface area contributed by atoms with Gasteiger partial charge in [0.1, 0.15) is 5.58 Å². The smallest absolute Gasteiger partial charge is 0.295 e. The van der Waals surface area contributed by atoms with Crippen LogP contribution >= 0.6 is 0 Å². The summed E-state index contributed by atoms with van der Waals surface area (Å²) >= 11 is 0. The predicted molar refractivity (Wildman–Crippen MR) is 159 cm³/mol. The highest BCUT2D eigenvalue weighted by molar-refractivity contribution is 6.10. The number of anilines is 1. The molecule has 40 heavy (non-hydrogen) atoms. The zero-order chi connectivity index (χ0) is 28.7. The number of benzene rings is 3. The SMILES string of the molecule is CCOc1cc(C2c3c(oc4cc(C)c(C)cc4c3=O)C(=O)N2c2ccc(C)c(C)c2)ccc1OCCC(C)C. The predicted octanol–water partition coefficient (Wildman–Crippen LogP) is 7.60. The summed E-state index contributed by atoms with van der Waals surface area (Å²) in [7, 11) is 0.